The molecule has 0 saturated carbocycles. The lowest BCUT2D eigenvalue weighted by Crippen LogP contribution is -2.24. The number of pyridine rings is 1. The van der Waals surface area contributed by atoms with E-state index in [4.69, 9.17) is 11.6 Å². The van der Waals surface area contributed by atoms with Gasteiger partial charge in [0.2, 0.25) is 16.4 Å². The highest BCUT2D eigenvalue weighted by Crippen LogP contribution is 2.17. The van der Waals surface area contributed by atoms with Crippen molar-refractivity contribution < 1.29 is 12.9 Å². The second-order valence-electron chi connectivity index (χ2n) is 2.96. The molecule has 0 unspecified atom stereocenters. The van der Waals surface area contributed by atoms with Crippen LogP contribution < -0.4 is 4.72 Å². The first-order chi connectivity index (χ1) is 8.09. The van der Waals surface area contributed by atoms with E-state index in [0.717, 1.165) is 6.39 Å². The summed E-state index contributed by atoms with van der Waals surface area (Å²) in [5.41, 5.74) is 0. The summed E-state index contributed by atoms with van der Waals surface area (Å²) in [7, 11) is -3.73. The standard InChI is InChI=1S/C8H7ClN4O3S/c9-8-6(2-1-3-10-8)17(14,15)12-4-7-11-5-16-13-7/h1-3,5,12H,4H2. The summed E-state index contributed by atoms with van der Waals surface area (Å²) in [5.74, 6) is 0.230. The van der Waals surface area contributed by atoms with Gasteiger partial charge in [-0.05, 0) is 12.1 Å². The Morgan fingerprint density at radius 1 is 1.41 bits per heavy atom. The van der Waals surface area contributed by atoms with E-state index in [1.54, 1.807) is 0 Å². The Morgan fingerprint density at radius 2 is 2.24 bits per heavy atom. The number of halogens is 1. The molecule has 0 aliphatic heterocycles. The minimum Gasteiger partial charge on any atom is -0.343 e. The number of sulfonamides is 1. The van der Waals surface area contributed by atoms with Crippen molar-refractivity contribution in [1.82, 2.24) is 19.8 Å². The first-order valence-corrected chi connectivity index (χ1v) is 6.31. The highest BCUT2D eigenvalue weighted by atomic mass is 35.5. The van der Waals surface area contributed by atoms with Crippen molar-refractivity contribution in [2.24, 2.45) is 0 Å². The molecule has 0 aliphatic carbocycles. The molecule has 0 aromatic carbocycles. The molecule has 2 aromatic heterocycles. The van der Waals surface area contributed by atoms with E-state index in [1.165, 1.54) is 18.3 Å². The zero-order valence-electron chi connectivity index (χ0n) is 8.37. The lowest BCUT2D eigenvalue weighted by Gasteiger charge is -2.05. The number of nitrogens with one attached hydrogen (secondary N) is 1. The molecular weight excluding hydrogens is 268 g/mol. The van der Waals surface area contributed by atoms with Crippen molar-refractivity contribution in [3.05, 3.63) is 35.7 Å². The summed E-state index contributed by atoms with van der Waals surface area (Å²) >= 11 is 5.69. The summed E-state index contributed by atoms with van der Waals surface area (Å²) in [6.45, 7) is -0.0793. The quantitative estimate of drug-likeness (QED) is 0.820. The van der Waals surface area contributed by atoms with Gasteiger partial charge in [-0.3, -0.25) is 0 Å². The van der Waals surface area contributed by atoms with Crippen LogP contribution in [-0.4, -0.2) is 23.5 Å². The summed E-state index contributed by atoms with van der Waals surface area (Å²) in [4.78, 5) is 7.28. The molecule has 0 atom stereocenters. The van der Waals surface area contributed by atoms with Crippen molar-refractivity contribution in [3.8, 4) is 0 Å². The van der Waals surface area contributed by atoms with E-state index in [1.807, 2.05) is 0 Å². The van der Waals surface area contributed by atoms with Crippen molar-refractivity contribution >= 4 is 21.6 Å². The normalized spacial score (nSPS) is 11.6. The van der Waals surface area contributed by atoms with Crippen LogP contribution in [0.1, 0.15) is 5.82 Å². The molecule has 2 heterocycles. The zero-order chi connectivity index (χ0) is 12.3. The van der Waals surface area contributed by atoms with E-state index in [9.17, 15) is 8.42 Å². The fourth-order valence-electron chi connectivity index (χ4n) is 1.08. The van der Waals surface area contributed by atoms with Crippen LogP contribution >= 0.6 is 11.6 Å². The van der Waals surface area contributed by atoms with Crippen molar-refractivity contribution in [2.45, 2.75) is 11.4 Å². The number of hydrogen-bond acceptors (Lipinski definition) is 6. The molecule has 90 valence electrons. The van der Waals surface area contributed by atoms with Crippen LogP contribution in [0.15, 0.2) is 34.1 Å². The topological polar surface area (TPSA) is 98.0 Å². The van der Waals surface area contributed by atoms with Gasteiger partial charge in [-0.1, -0.05) is 16.8 Å². The molecule has 9 heteroatoms. The highest BCUT2D eigenvalue weighted by molar-refractivity contribution is 7.89. The molecule has 7 nitrogen and oxygen atoms in total. The van der Waals surface area contributed by atoms with Gasteiger partial charge in [0, 0.05) is 6.20 Å². The minimum atomic E-state index is -3.73. The third-order valence-corrected chi connectivity index (χ3v) is 3.69. The average molecular weight is 275 g/mol. The maximum absolute atomic E-state index is 11.8. The Labute approximate surface area is 102 Å². The van der Waals surface area contributed by atoms with Crippen LogP contribution in [0.2, 0.25) is 5.15 Å². The molecule has 0 amide bonds. The monoisotopic (exact) mass is 274 g/mol. The number of nitrogens with zero attached hydrogens (tertiary/aromatic N) is 3. The van der Waals surface area contributed by atoms with Crippen molar-refractivity contribution in [1.29, 1.82) is 0 Å². The fraction of sp³-hybridized carbons (Fsp3) is 0.125. The first-order valence-electron chi connectivity index (χ1n) is 4.45. The van der Waals surface area contributed by atoms with Gasteiger partial charge in [-0.25, -0.2) is 18.1 Å². The smallest absolute Gasteiger partial charge is 0.244 e. The third kappa shape index (κ3) is 2.78. The largest absolute Gasteiger partial charge is 0.343 e. The number of rotatable bonds is 4. The molecule has 0 bridgehead atoms. The Balaban J connectivity index is 2.17. The first kappa shape index (κ1) is 12.0. The summed E-state index contributed by atoms with van der Waals surface area (Å²) in [6, 6.07) is 2.84. The molecule has 0 spiro atoms. The lowest BCUT2D eigenvalue weighted by molar-refractivity contribution is 0.409. The summed E-state index contributed by atoms with van der Waals surface area (Å²) in [5, 5.41) is 3.38. The van der Waals surface area contributed by atoms with Gasteiger partial charge in [0.15, 0.2) is 5.82 Å². The Kier molecular flexibility index (Phi) is 3.36. The van der Waals surface area contributed by atoms with Gasteiger partial charge in [0.25, 0.3) is 0 Å². The van der Waals surface area contributed by atoms with E-state index in [-0.39, 0.29) is 22.4 Å². The zero-order valence-corrected chi connectivity index (χ0v) is 9.94. The fourth-order valence-corrected chi connectivity index (χ4v) is 2.51. The predicted molar refractivity (Wildman–Crippen MR) is 57.6 cm³/mol. The lowest BCUT2D eigenvalue weighted by atomic mass is 10.5. The van der Waals surface area contributed by atoms with E-state index < -0.39 is 10.0 Å². The van der Waals surface area contributed by atoms with Crippen LogP contribution in [-0.2, 0) is 16.6 Å². The van der Waals surface area contributed by atoms with Gasteiger partial charge >= 0.3 is 0 Å². The van der Waals surface area contributed by atoms with Gasteiger partial charge < -0.3 is 4.52 Å². The number of aromatic nitrogens is 3. The van der Waals surface area contributed by atoms with Crippen LogP contribution in [0.25, 0.3) is 0 Å². The van der Waals surface area contributed by atoms with Gasteiger partial charge in [0.05, 0.1) is 6.54 Å². The van der Waals surface area contributed by atoms with Crippen molar-refractivity contribution in [2.75, 3.05) is 0 Å². The third-order valence-electron chi connectivity index (χ3n) is 1.84. The van der Waals surface area contributed by atoms with E-state index >= 15 is 0 Å². The van der Waals surface area contributed by atoms with Gasteiger partial charge in [-0.2, -0.15) is 4.98 Å². The van der Waals surface area contributed by atoms with E-state index in [2.05, 4.69) is 24.4 Å². The molecule has 0 aliphatic rings. The second-order valence-corrected chi connectivity index (χ2v) is 5.06. The van der Waals surface area contributed by atoms with E-state index in [0.29, 0.717) is 0 Å². The van der Waals surface area contributed by atoms with Crippen LogP contribution in [0.3, 0.4) is 0 Å². The Hall–Kier alpha value is -1.51. The molecule has 0 saturated heterocycles. The van der Waals surface area contributed by atoms with Crippen molar-refractivity contribution in [3.63, 3.8) is 0 Å². The molecule has 1 N–H and O–H groups in total. The minimum absolute atomic E-state index is 0.0793. The predicted octanol–water partition coefficient (Wildman–Crippen LogP) is 0.596. The second kappa shape index (κ2) is 4.78. The number of hydrogen-bond donors (Lipinski definition) is 1. The average Bonchev–Trinajstić information content (AvgIpc) is 2.80. The molecule has 2 aromatic rings. The van der Waals surface area contributed by atoms with Crippen LogP contribution in [0.5, 0.6) is 0 Å². The Morgan fingerprint density at radius 3 is 2.88 bits per heavy atom. The van der Waals surface area contributed by atoms with Crippen LogP contribution in [0, 0.1) is 0 Å². The molecule has 0 radical (unpaired) electrons. The summed E-state index contributed by atoms with van der Waals surface area (Å²) in [6.07, 6.45) is 2.52. The Bertz CT molecular complexity index is 599. The molecular formula is C8H7ClN4O3S. The molecule has 0 fully saturated rings. The van der Waals surface area contributed by atoms with Crippen LogP contribution in [0.4, 0.5) is 0 Å². The summed E-state index contributed by atoms with van der Waals surface area (Å²) < 4.78 is 30.4. The maximum atomic E-state index is 11.8. The SMILES string of the molecule is O=S(=O)(NCc1ncon1)c1cccnc1Cl. The highest BCUT2D eigenvalue weighted by Gasteiger charge is 2.18. The van der Waals surface area contributed by atoms with Gasteiger partial charge in [0.1, 0.15) is 10.0 Å². The maximum Gasteiger partial charge on any atom is 0.244 e. The molecule has 2 rings (SSSR count). The molecule has 17 heavy (non-hydrogen) atoms. The van der Waals surface area contributed by atoms with Gasteiger partial charge in [-0.15, -0.1) is 0 Å².